The largest absolute Gasteiger partial charge is 0.473 e. The number of fused-ring (bicyclic) bond motifs is 1. The van der Waals surface area contributed by atoms with Gasteiger partial charge in [-0.2, -0.15) is 0 Å². The number of imidazole rings is 1. The second kappa shape index (κ2) is 14.1. The number of thioether (sulfide) groups is 1. The maximum Gasteiger partial charge on any atom is 0.414 e. The van der Waals surface area contributed by atoms with E-state index in [1.165, 1.54) is 6.07 Å². The monoisotopic (exact) mass is 552 g/mol. The number of nitrogens with zero attached hydrogens (tertiary/aromatic N) is 3. The van der Waals surface area contributed by atoms with Crippen molar-refractivity contribution in [2.45, 2.75) is 37.7 Å². The normalized spacial score (nSPS) is 10.7. The first-order valence-electron chi connectivity index (χ1n) is 12.2. The van der Waals surface area contributed by atoms with Gasteiger partial charge in [-0.05, 0) is 48.2 Å². The zero-order valence-corrected chi connectivity index (χ0v) is 22.3. The van der Waals surface area contributed by atoms with Gasteiger partial charge < -0.3 is 15.5 Å². The molecule has 0 aliphatic carbocycles. The molecule has 9 nitrogen and oxygen atoms in total. The van der Waals surface area contributed by atoms with Crippen LogP contribution in [0.25, 0.3) is 11.2 Å². The third kappa shape index (κ3) is 8.64. The lowest BCUT2D eigenvalue weighted by Crippen LogP contribution is -2.25. The Morgan fingerprint density at radius 1 is 1.00 bits per heavy atom. The number of rotatable bonds is 9. The van der Waals surface area contributed by atoms with Crippen molar-refractivity contribution in [2.75, 3.05) is 6.54 Å². The smallest absolute Gasteiger partial charge is 0.414 e. The maximum atomic E-state index is 14.3. The molecule has 11 heteroatoms. The van der Waals surface area contributed by atoms with Crippen LogP contribution in [0.3, 0.4) is 0 Å². The van der Waals surface area contributed by atoms with Crippen LogP contribution in [0.2, 0.25) is 0 Å². The van der Waals surface area contributed by atoms with Crippen molar-refractivity contribution >= 4 is 40.8 Å². The standard InChI is InChI=1S/C26H27FN4OS.C2H2O4/c1-18(2)13-15-29-25(32)20-11-9-19(10-12-20)17-33-26-30-23-8-5-14-28-24(23)31(26)16-21-6-3-4-7-22(21)27;3-1(4)2(5)6/h3-12,14,18H,13,15-17H2,1-2H3,(H,29,32);(H,3,4)(H,5,6). The van der Waals surface area contributed by atoms with Gasteiger partial charge in [-0.1, -0.05) is 55.9 Å². The predicted octanol–water partition coefficient (Wildman–Crippen LogP) is 4.84. The van der Waals surface area contributed by atoms with Crippen LogP contribution < -0.4 is 5.32 Å². The highest BCUT2D eigenvalue weighted by Gasteiger charge is 2.15. The van der Waals surface area contributed by atoms with E-state index in [2.05, 4.69) is 24.1 Å². The Balaban J connectivity index is 0.000000631. The highest BCUT2D eigenvalue weighted by Crippen LogP contribution is 2.27. The van der Waals surface area contributed by atoms with Gasteiger partial charge in [0.15, 0.2) is 10.8 Å². The second-order valence-electron chi connectivity index (χ2n) is 8.95. The van der Waals surface area contributed by atoms with Gasteiger partial charge in [0.25, 0.3) is 5.91 Å². The number of hydrogen-bond donors (Lipinski definition) is 3. The van der Waals surface area contributed by atoms with E-state index in [1.807, 2.05) is 47.0 Å². The van der Waals surface area contributed by atoms with E-state index in [0.29, 0.717) is 35.9 Å². The molecule has 2 heterocycles. The summed E-state index contributed by atoms with van der Waals surface area (Å²) in [4.78, 5) is 39.7. The minimum Gasteiger partial charge on any atom is -0.473 e. The van der Waals surface area contributed by atoms with E-state index in [1.54, 1.807) is 30.1 Å². The van der Waals surface area contributed by atoms with E-state index in [0.717, 1.165) is 28.3 Å². The quantitative estimate of drug-likeness (QED) is 0.198. The first-order chi connectivity index (χ1) is 18.7. The number of nitrogens with one attached hydrogen (secondary N) is 1. The number of hydrogen-bond acceptors (Lipinski definition) is 6. The lowest BCUT2D eigenvalue weighted by atomic mass is 10.1. The van der Waals surface area contributed by atoms with E-state index in [-0.39, 0.29) is 11.7 Å². The van der Waals surface area contributed by atoms with Crippen LogP contribution >= 0.6 is 11.8 Å². The fraction of sp³-hybridized carbons (Fsp3) is 0.250. The number of benzene rings is 2. The zero-order chi connectivity index (χ0) is 28.4. The Morgan fingerprint density at radius 3 is 2.33 bits per heavy atom. The summed E-state index contributed by atoms with van der Waals surface area (Å²) in [5.74, 6) is -2.70. The van der Waals surface area contributed by atoms with Crippen LogP contribution in [0, 0.1) is 11.7 Å². The number of carboxylic acids is 2. The van der Waals surface area contributed by atoms with E-state index >= 15 is 0 Å². The Morgan fingerprint density at radius 2 is 1.69 bits per heavy atom. The first kappa shape index (κ1) is 29.3. The van der Waals surface area contributed by atoms with Crippen molar-refractivity contribution in [3.63, 3.8) is 0 Å². The molecule has 0 fully saturated rings. The average Bonchev–Trinajstić information content (AvgIpc) is 3.26. The molecule has 0 unspecified atom stereocenters. The highest BCUT2D eigenvalue weighted by atomic mass is 32.2. The molecule has 2 aromatic heterocycles. The summed E-state index contributed by atoms with van der Waals surface area (Å²) in [7, 11) is 0. The van der Waals surface area contributed by atoms with Crippen LogP contribution in [0.1, 0.15) is 41.8 Å². The summed E-state index contributed by atoms with van der Waals surface area (Å²) in [6.07, 6.45) is 2.68. The summed E-state index contributed by atoms with van der Waals surface area (Å²) < 4.78 is 16.2. The maximum absolute atomic E-state index is 14.3. The van der Waals surface area contributed by atoms with Crippen molar-refractivity contribution in [3.8, 4) is 0 Å². The van der Waals surface area contributed by atoms with Crippen LogP contribution in [-0.4, -0.2) is 49.1 Å². The molecule has 0 spiro atoms. The van der Waals surface area contributed by atoms with Gasteiger partial charge >= 0.3 is 11.9 Å². The van der Waals surface area contributed by atoms with E-state index in [4.69, 9.17) is 24.8 Å². The fourth-order valence-corrected chi connectivity index (χ4v) is 4.42. The number of carboxylic acid groups (broad SMARTS) is 2. The average molecular weight is 553 g/mol. The number of pyridine rings is 1. The number of carbonyl (C=O) groups is 3. The molecule has 0 saturated carbocycles. The van der Waals surface area contributed by atoms with Crippen molar-refractivity contribution in [1.29, 1.82) is 0 Å². The minimum atomic E-state index is -1.82. The molecule has 39 heavy (non-hydrogen) atoms. The third-order valence-corrected chi connectivity index (χ3v) is 6.58. The summed E-state index contributed by atoms with van der Waals surface area (Å²) in [5.41, 5.74) is 3.85. The molecule has 4 aromatic rings. The molecule has 0 atom stereocenters. The third-order valence-electron chi connectivity index (χ3n) is 5.53. The topological polar surface area (TPSA) is 134 Å². The molecule has 0 aliphatic heterocycles. The number of halogens is 1. The lowest BCUT2D eigenvalue weighted by molar-refractivity contribution is -0.159. The molecule has 0 bridgehead atoms. The summed E-state index contributed by atoms with van der Waals surface area (Å²) >= 11 is 1.57. The van der Waals surface area contributed by atoms with Crippen molar-refractivity contribution in [1.82, 2.24) is 19.9 Å². The molecule has 3 N–H and O–H groups in total. The van der Waals surface area contributed by atoms with Crippen LogP contribution in [0.15, 0.2) is 72.0 Å². The van der Waals surface area contributed by atoms with Crippen molar-refractivity contribution in [3.05, 3.63) is 89.4 Å². The first-order valence-corrected chi connectivity index (χ1v) is 13.1. The molecule has 1 amide bonds. The van der Waals surface area contributed by atoms with Crippen LogP contribution in [0.4, 0.5) is 4.39 Å². The van der Waals surface area contributed by atoms with Gasteiger partial charge in [-0.25, -0.2) is 23.9 Å². The Labute approximate surface area is 229 Å². The number of aliphatic carboxylic acids is 2. The zero-order valence-electron chi connectivity index (χ0n) is 21.5. The fourth-order valence-electron chi connectivity index (χ4n) is 3.46. The van der Waals surface area contributed by atoms with Crippen molar-refractivity contribution in [2.24, 2.45) is 5.92 Å². The number of carbonyl (C=O) groups excluding carboxylic acids is 1. The molecule has 204 valence electrons. The van der Waals surface area contributed by atoms with Crippen LogP contribution in [-0.2, 0) is 21.9 Å². The SMILES string of the molecule is CC(C)CCNC(=O)c1ccc(CSc2nc3cccnc3n2Cc2ccccc2F)cc1.O=C(O)C(=O)O. The lowest BCUT2D eigenvalue weighted by Gasteiger charge is -2.10. The van der Waals surface area contributed by atoms with Crippen LogP contribution in [0.5, 0.6) is 0 Å². The highest BCUT2D eigenvalue weighted by molar-refractivity contribution is 7.98. The number of amides is 1. The summed E-state index contributed by atoms with van der Waals surface area (Å²) in [6, 6.07) is 18.2. The molecular weight excluding hydrogens is 523 g/mol. The molecule has 4 rings (SSSR count). The minimum absolute atomic E-state index is 0.0485. The van der Waals surface area contributed by atoms with Gasteiger partial charge in [-0.3, -0.25) is 9.36 Å². The molecule has 0 aliphatic rings. The molecule has 2 aromatic carbocycles. The van der Waals surface area contributed by atoms with Gasteiger partial charge in [0.2, 0.25) is 0 Å². The van der Waals surface area contributed by atoms with E-state index < -0.39 is 11.9 Å². The predicted molar refractivity (Wildman–Crippen MR) is 146 cm³/mol. The molecular formula is C28H29FN4O5S. The van der Waals surface area contributed by atoms with Gasteiger partial charge in [0.1, 0.15) is 11.3 Å². The summed E-state index contributed by atoms with van der Waals surface area (Å²) in [5, 5.41) is 18.5. The molecule has 0 saturated heterocycles. The summed E-state index contributed by atoms with van der Waals surface area (Å²) in [6.45, 7) is 5.32. The van der Waals surface area contributed by atoms with Gasteiger partial charge in [-0.15, -0.1) is 0 Å². The molecule has 0 radical (unpaired) electrons. The Kier molecular flexibility index (Phi) is 10.6. The Bertz CT molecular complexity index is 1430. The Hall–Kier alpha value is -4.25. The van der Waals surface area contributed by atoms with Gasteiger partial charge in [0, 0.05) is 29.6 Å². The second-order valence-corrected chi connectivity index (χ2v) is 9.89. The van der Waals surface area contributed by atoms with E-state index in [9.17, 15) is 9.18 Å². The number of aromatic nitrogens is 3. The van der Waals surface area contributed by atoms with Gasteiger partial charge in [0.05, 0.1) is 6.54 Å². The van der Waals surface area contributed by atoms with Crippen molar-refractivity contribution < 1.29 is 29.0 Å².